The van der Waals surface area contributed by atoms with Gasteiger partial charge in [-0.1, -0.05) is 55.5 Å². The minimum atomic E-state index is -0.956. The number of nitrogens with zero attached hydrogens (tertiary/aromatic N) is 1. The highest BCUT2D eigenvalue weighted by Gasteiger charge is 2.17. The van der Waals surface area contributed by atoms with Crippen LogP contribution in [0.4, 0.5) is 5.69 Å². The zero-order valence-corrected chi connectivity index (χ0v) is 20.0. The molecule has 0 saturated heterocycles. The monoisotopic (exact) mass is 473 g/mol. The maximum absolute atomic E-state index is 10.9. The van der Waals surface area contributed by atoms with Gasteiger partial charge >= 0.3 is 5.97 Å². The van der Waals surface area contributed by atoms with E-state index < -0.39 is 5.97 Å². The van der Waals surface area contributed by atoms with E-state index in [1.807, 2.05) is 36.7 Å². The average molecular weight is 474 g/mol. The van der Waals surface area contributed by atoms with Crippen LogP contribution >= 0.6 is 0 Å². The molecule has 1 aliphatic heterocycles. The van der Waals surface area contributed by atoms with Crippen molar-refractivity contribution in [2.75, 3.05) is 5.43 Å². The van der Waals surface area contributed by atoms with Gasteiger partial charge in [-0.2, -0.15) is 0 Å². The Morgan fingerprint density at radius 3 is 2.44 bits per heavy atom. The molecule has 1 aromatic heterocycles. The van der Waals surface area contributed by atoms with Gasteiger partial charge in [-0.15, -0.1) is 0 Å². The van der Waals surface area contributed by atoms with Gasteiger partial charge in [0.15, 0.2) is 0 Å². The molecule has 0 fully saturated rings. The lowest BCUT2D eigenvalue weighted by Gasteiger charge is -2.18. The molecule has 5 rings (SSSR count). The predicted octanol–water partition coefficient (Wildman–Crippen LogP) is 6.65. The second kappa shape index (κ2) is 10.4. The number of carbonyl (C=O) groups is 1. The first-order valence-electron chi connectivity index (χ1n) is 12.0. The summed E-state index contributed by atoms with van der Waals surface area (Å²) in [6.07, 6.45) is 7.26. The summed E-state index contributed by atoms with van der Waals surface area (Å²) in [5.74, 6) is -0.956. The number of rotatable bonds is 7. The highest BCUT2D eigenvalue weighted by Crippen LogP contribution is 2.37. The molecule has 5 nitrogen and oxygen atoms in total. The number of anilines is 1. The molecule has 0 atom stereocenters. The van der Waals surface area contributed by atoms with Crippen molar-refractivity contribution in [2.45, 2.75) is 19.9 Å². The van der Waals surface area contributed by atoms with Gasteiger partial charge in [-0.3, -0.25) is 4.98 Å². The van der Waals surface area contributed by atoms with E-state index in [-0.39, 0.29) is 0 Å². The molecular formula is C31H27N3O2. The van der Waals surface area contributed by atoms with Crippen molar-refractivity contribution >= 4 is 28.9 Å². The van der Waals surface area contributed by atoms with E-state index in [4.69, 9.17) is 5.11 Å². The van der Waals surface area contributed by atoms with Crippen LogP contribution in [-0.2, 0) is 11.3 Å². The Morgan fingerprint density at radius 1 is 0.917 bits per heavy atom. The molecule has 0 radical (unpaired) electrons. The molecule has 3 N–H and O–H groups in total. The number of benzene rings is 3. The van der Waals surface area contributed by atoms with Crippen LogP contribution in [0.25, 0.3) is 28.3 Å². The highest BCUT2D eigenvalue weighted by molar-refractivity contribution is 5.99. The van der Waals surface area contributed by atoms with Crippen molar-refractivity contribution in [1.82, 2.24) is 10.4 Å². The van der Waals surface area contributed by atoms with Gasteiger partial charge in [0.05, 0.1) is 5.69 Å². The smallest absolute Gasteiger partial charge is 0.328 e. The van der Waals surface area contributed by atoms with Crippen molar-refractivity contribution in [3.63, 3.8) is 0 Å². The molecule has 0 saturated carbocycles. The largest absolute Gasteiger partial charge is 0.478 e. The lowest BCUT2D eigenvalue weighted by atomic mass is 9.86. The van der Waals surface area contributed by atoms with Crippen molar-refractivity contribution in [3.8, 4) is 11.1 Å². The Labute approximate surface area is 210 Å². The molecular weight excluding hydrogens is 446 g/mol. The molecule has 3 aromatic carbocycles. The fourth-order valence-corrected chi connectivity index (χ4v) is 4.65. The molecule has 0 spiro atoms. The molecule has 5 heteroatoms. The Kier molecular flexibility index (Phi) is 6.74. The van der Waals surface area contributed by atoms with Crippen molar-refractivity contribution in [2.24, 2.45) is 0 Å². The molecule has 178 valence electrons. The van der Waals surface area contributed by atoms with Gasteiger partial charge in [-0.25, -0.2) is 10.2 Å². The van der Waals surface area contributed by atoms with Crippen LogP contribution in [0.1, 0.15) is 41.2 Å². The van der Waals surface area contributed by atoms with E-state index in [0.717, 1.165) is 52.5 Å². The fourth-order valence-electron chi connectivity index (χ4n) is 4.65. The first kappa shape index (κ1) is 23.3. The number of carboxylic acid groups (broad SMARTS) is 1. The third-order valence-corrected chi connectivity index (χ3v) is 6.39. The van der Waals surface area contributed by atoms with Crippen molar-refractivity contribution in [3.05, 3.63) is 125 Å². The van der Waals surface area contributed by atoms with E-state index in [2.05, 4.69) is 77.4 Å². The second-order valence-corrected chi connectivity index (χ2v) is 8.67. The standard InChI is InChI=1S/C31H27N3O2/c1-2-28(25-5-3-4-24(18-25)22-14-16-32-17-15-22)31(26-11-12-29-27(19-26)20-33-34-29)23-9-6-21(7-10-23)8-13-30(35)36/h3-19,33-34H,2,20H2,1H3,(H,35,36)/b13-8+,31-28+. The van der Waals surface area contributed by atoms with Crippen molar-refractivity contribution in [1.29, 1.82) is 0 Å². The van der Waals surface area contributed by atoms with Gasteiger partial charge < -0.3 is 10.5 Å². The van der Waals surface area contributed by atoms with Crippen LogP contribution in [0.5, 0.6) is 0 Å². The average Bonchev–Trinajstić information content (AvgIpc) is 3.39. The van der Waals surface area contributed by atoms with Gasteiger partial charge in [0.25, 0.3) is 0 Å². The number of nitrogens with one attached hydrogen (secondary N) is 2. The maximum atomic E-state index is 10.9. The zero-order chi connectivity index (χ0) is 24.9. The lowest BCUT2D eigenvalue weighted by molar-refractivity contribution is -0.131. The van der Waals surface area contributed by atoms with E-state index >= 15 is 0 Å². The topological polar surface area (TPSA) is 74.2 Å². The van der Waals surface area contributed by atoms with Crippen molar-refractivity contribution < 1.29 is 9.90 Å². The predicted molar refractivity (Wildman–Crippen MR) is 146 cm³/mol. The van der Waals surface area contributed by atoms with Gasteiger partial charge in [0, 0.05) is 25.0 Å². The zero-order valence-electron chi connectivity index (χ0n) is 20.0. The summed E-state index contributed by atoms with van der Waals surface area (Å²) >= 11 is 0. The van der Waals surface area contributed by atoms with Gasteiger partial charge in [0.1, 0.15) is 0 Å². The molecule has 0 bridgehead atoms. The number of aliphatic carboxylic acids is 1. The normalized spacial score (nSPS) is 13.2. The molecule has 0 unspecified atom stereocenters. The van der Waals surface area contributed by atoms with E-state index in [9.17, 15) is 4.79 Å². The highest BCUT2D eigenvalue weighted by atomic mass is 16.4. The number of pyridine rings is 1. The number of aromatic nitrogens is 1. The lowest BCUT2D eigenvalue weighted by Crippen LogP contribution is -2.10. The summed E-state index contributed by atoms with van der Waals surface area (Å²) in [5.41, 5.74) is 17.7. The first-order chi connectivity index (χ1) is 17.6. The summed E-state index contributed by atoms with van der Waals surface area (Å²) in [4.78, 5) is 15.1. The first-order valence-corrected chi connectivity index (χ1v) is 12.0. The molecule has 1 aliphatic rings. The summed E-state index contributed by atoms with van der Waals surface area (Å²) in [6.45, 7) is 2.96. The third-order valence-electron chi connectivity index (χ3n) is 6.39. The Hall–Kier alpha value is -4.48. The van der Waals surface area contributed by atoms with E-state index in [1.165, 1.54) is 22.3 Å². The summed E-state index contributed by atoms with van der Waals surface area (Å²) in [6, 6.07) is 27.3. The Balaban J connectivity index is 1.67. The molecule has 0 aliphatic carbocycles. The summed E-state index contributed by atoms with van der Waals surface area (Å²) in [7, 11) is 0. The SMILES string of the molecule is CC/C(=C(/c1ccc(/C=C/C(=O)O)cc1)c1ccc2c(c1)CNN2)c1cccc(-c2ccncc2)c1. The second-order valence-electron chi connectivity index (χ2n) is 8.67. The minimum absolute atomic E-state index is 0.772. The van der Waals surface area contributed by atoms with Crippen LogP contribution in [-0.4, -0.2) is 16.1 Å². The quantitative estimate of drug-likeness (QED) is 0.207. The van der Waals surface area contributed by atoms with Crippen LogP contribution in [0.15, 0.2) is 97.3 Å². The number of allylic oxidation sites excluding steroid dienone is 1. The number of fused-ring (bicyclic) bond motifs is 1. The summed E-state index contributed by atoms with van der Waals surface area (Å²) < 4.78 is 0. The Morgan fingerprint density at radius 2 is 1.69 bits per heavy atom. The molecule has 36 heavy (non-hydrogen) atoms. The van der Waals surface area contributed by atoms with Crippen LogP contribution < -0.4 is 10.9 Å². The van der Waals surface area contributed by atoms with E-state index in [0.29, 0.717) is 0 Å². The molecule has 0 amide bonds. The minimum Gasteiger partial charge on any atom is -0.478 e. The van der Waals surface area contributed by atoms with Gasteiger partial charge in [-0.05, 0) is 92.9 Å². The van der Waals surface area contributed by atoms with Crippen LogP contribution in [0, 0.1) is 0 Å². The van der Waals surface area contributed by atoms with Crippen LogP contribution in [0.2, 0.25) is 0 Å². The third kappa shape index (κ3) is 4.97. The number of carboxylic acids is 1. The van der Waals surface area contributed by atoms with Crippen LogP contribution in [0.3, 0.4) is 0 Å². The molecule has 2 heterocycles. The Bertz CT molecular complexity index is 1460. The maximum Gasteiger partial charge on any atom is 0.328 e. The summed E-state index contributed by atoms with van der Waals surface area (Å²) in [5, 5.41) is 8.97. The van der Waals surface area contributed by atoms with E-state index in [1.54, 1.807) is 6.08 Å². The van der Waals surface area contributed by atoms with Gasteiger partial charge in [0.2, 0.25) is 0 Å². The fraction of sp³-hybridized carbons (Fsp3) is 0.0968. The number of hydrogen-bond donors (Lipinski definition) is 3. The number of hydrazine groups is 1. The molecule has 4 aromatic rings. The number of hydrogen-bond acceptors (Lipinski definition) is 4.